The topological polar surface area (TPSA) is 86.5 Å². The number of ether oxygens (including phenoxy) is 2. The third kappa shape index (κ3) is 4.18. The molecule has 0 fully saturated rings. The molecule has 0 aliphatic carbocycles. The number of hydrogen-bond donors (Lipinski definition) is 1. The van der Waals surface area contributed by atoms with E-state index in [1.54, 1.807) is 38.5 Å². The van der Waals surface area contributed by atoms with Crippen LogP contribution in [0, 0.1) is 0 Å². The molecule has 0 atom stereocenters. The summed E-state index contributed by atoms with van der Waals surface area (Å²) in [6.45, 7) is 0.451. The number of carbonyl (C=O) groups excluding carboxylic acids is 1. The summed E-state index contributed by atoms with van der Waals surface area (Å²) in [4.78, 5) is 12.2. The molecular weight excluding hydrogens is 334 g/mol. The lowest BCUT2D eigenvalue weighted by Gasteiger charge is -2.05. The minimum absolute atomic E-state index is 0.0681. The highest BCUT2D eigenvalue weighted by molar-refractivity contribution is 5.89. The highest BCUT2D eigenvalue weighted by Crippen LogP contribution is 2.21. The van der Waals surface area contributed by atoms with E-state index in [0.717, 1.165) is 17.1 Å². The summed E-state index contributed by atoms with van der Waals surface area (Å²) in [5.74, 6) is 1.32. The molecule has 1 aromatic heterocycles. The van der Waals surface area contributed by atoms with Gasteiger partial charge in [0.2, 0.25) is 5.89 Å². The van der Waals surface area contributed by atoms with E-state index in [1.165, 1.54) is 0 Å². The number of carbonyl (C=O) groups is 1. The van der Waals surface area contributed by atoms with E-state index in [0.29, 0.717) is 18.5 Å². The van der Waals surface area contributed by atoms with Gasteiger partial charge in [0.1, 0.15) is 11.5 Å². The van der Waals surface area contributed by atoms with Crippen molar-refractivity contribution in [1.82, 2.24) is 15.5 Å². The summed E-state index contributed by atoms with van der Waals surface area (Å²) in [6.07, 6.45) is 0.669. The van der Waals surface area contributed by atoms with Gasteiger partial charge in [0.25, 0.3) is 0 Å². The molecule has 0 aliphatic rings. The predicted octanol–water partition coefficient (Wildman–Crippen LogP) is 2.73. The van der Waals surface area contributed by atoms with Crippen molar-refractivity contribution in [3.63, 3.8) is 0 Å². The molecule has 0 spiro atoms. The maximum atomic E-state index is 12.2. The Morgan fingerprint density at radius 1 is 1.04 bits per heavy atom. The molecule has 1 amide bonds. The molecule has 134 valence electrons. The van der Waals surface area contributed by atoms with E-state index in [1.807, 2.05) is 24.3 Å². The van der Waals surface area contributed by atoms with Crippen LogP contribution in [0.25, 0.3) is 11.5 Å². The Balaban J connectivity index is 1.57. The molecule has 0 saturated carbocycles. The van der Waals surface area contributed by atoms with Crippen molar-refractivity contribution in [3.8, 4) is 23.0 Å². The Labute approximate surface area is 151 Å². The van der Waals surface area contributed by atoms with Crippen molar-refractivity contribution in [2.75, 3.05) is 20.8 Å². The van der Waals surface area contributed by atoms with Crippen molar-refractivity contribution in [1.29, 1.82) is 0 Å². The van der Waals surface area contributed by atoms with Gasteiger partial charge in [-0.2, -0.15) is 0 Å². The highest BCUT2D eigenvalue weighted by Gasteiger charge is 2.15. The molecule has 1 N–H and O–H groups in total. The first-order valence-electron chi connectivity index (χ1n) is 8.08. The third-order valence-corrected chi connectivity index (χ3v) is 3.79. The fraction of sp³-hybridized carbons (Fsp3) is 0.211. The molecule has 0 radical (unpaired) electrons. The number of methoxy groups -OCH3 is 2. The molecule has 1 heterocycles. The van der Waals surface area contributed by atoms with Gasteiger partial charge in [-0.05, 0) is 48.4 Å². The Morgan fingerprint density at radius 2 is 1.81 bits per heavy atom. The Morgan fingerprint density at radius 3 is 2.54 bits per heavy atom. The van der Waals surface area contributed by atoms with E-state index in [9.17, 15) is 4.79 Å². The first-order chi connectivity index (χ1) is 12.7. The van der Waals surface area contributed by atoms with Crippen LogP contribution in [0.2, 0.25) is 0 Å². The van der Waals surface area contributed by atoms with Crippen molar-refractivity contribution < 1.29 is 18.7 Å². The van der Waals surface area contributed by atoms with Gasteiger partial charge in [-0.1, -0.05) is 12.1 Å². The zero-order valence-electron chi connectivity index (χ0n) is 14.6. The van der Waals surface area contributed by atoms with E-state index in [2.05, 4.69) is 15.5 Å². The summed E-state index contributed by atoms with van der Waals surface area (Å²) in [5.41, 5.74) is 1.78. The van der Waals surface area contributed by atoms with Crippen LogP contribution >= 0.6 is 0 Å². The van der Waals surface area contributed by atoms with Crippen LogP contribution in [0.5, 0.6) is 11.5 Å². The molecule has 0 saturated heterocycles. The molecule has 3 aromatic rings. The van der Waals surface area contributed by atoms with Gasteiger partial charge < -0.3 is 19.2 Å². The van der Waals surface area contributed by atoms with Gasteiger partial charge in [-0.3, -0.25) is 4.79 Å². The first kappa shape index (κ1) is 17.5. The molecule has 7 nitrogen and oxygen atoms in total. The lowest BCUT2D eigenvalue weighted by Crippen LogP contribution is -2.26. The van der Waals surface area contributed by atoms with Crippen LogP contribution in [-0.2, 0) is 6.42 Å². The number of nitrogens with zero attached hydrogens (tertiary/aromatic N) is 2. The second-order valence-electron chi connectivity index (χ2n) is 5.50. The predicted molar refractivity (Wildman–Crippen MR) is 95.3 cm³/mol. The molecule has 0 bridgehead atoms. The Bertz CT molecular complexity index is 875. The maximum absolute atomic E-state index is 12.2. The Kier molecular flexibility index (Phi) is 5.48. The second kappa shape index (κ2) is 8.15. The molecule has 3 rings (SSSR count). The number of nitrogens with one attached hydrogen (secondary N) is 1. The summed E-state index contributed by atoms with van der Waals surface area (Å²) in [5, 5.41) is 10.5. The number of amides is 1. The van der Waals surface area contributed by atoms with E-state index in [4.69, 9.17) is 13.9 Å². The van der Waals surface area contributed by atoms with E-state index < -0.39 is 5.91 Å². The lowest BCUT2D eigenvalue weighted by atomic mass is 10.1. The second-order valence-corrected chi connectivity index (χ2v) is 5.50. The van der Waals surface area contributed by atoms with E-state index >= 15 is 0 Å². The average molecular weight is 353 g/mol. The minimum atomic E-state index is -0.403. The Hall–Kier alpha value is -3.35. The van der Waals surface area contributed by atoms with Crippen LogP contribution in [0.4, 0.5) is 0 Å². The quantitative estimate of drug-likeness (QED) is 0.703. The smallest absolute Gasteiger partial charge is 0.308 e. The number of aromatic nitrogens is 2. The van der Waals surface area contributed by atoms with Gasteiger partial charge in [-0.15, -0.1) is 10.2 Å². The zero-order chi connectivity index (χ0) is 18.4. The van der Waals surface area contributed by atoms with Crippen LogP contribution < -0.4 is 14.8 Å². The first-order valence-corrected chi connectivity index (χ1v) is 8.08. The molecule has 2 aromatic carbocycles. The largest absolute Gasteiger partial charge is 0.497 e. The fourth-order valence-corrected chi connectivity index (χ4v) is 2.39. The van der Waals surface area contributed by atoms with Crippen LogP contribution in [0.3, 0.4) is 0 Å². The van der Waals surface area contributed by atoms with E-state index in [-0.39, 0.29) is 11.8 Å². The lowest BCUT2D eigenvalue weighted by molar-refractivity contribution is 0.0920. The maximum Gasteiger partial charge on any atom is 0.308 e. The zero-order valence-corrected chi connectivity index (χ0v) is 14.6. The standard InChI is InChI=1S/C19H19N3O4/c1-24-15-8-6-14(7-9-15)18-21-22-19(26-18)17(23)20-11-10-13-4-3-5-16(12-13)25-2/h3-9,12H,10-11H2,1-2H3,(H,20,23). The van der Waals surface area contributed by atoms with Gasteiger partial charge in [0.15, 0.2) is 0 Å². The third-order valence-electron chi connectivity index (χ3n) is 3.79. The SMILES string of the molecule is COc1ccc(-c2nnc(C(=O)NCCc3cccc(OC)c3)o2)cc1. The molecule has 0 unspecified atom stereocenters. The summed E-state index contributed by atoms with van der Waals surface area (Å²) < 4.78 is 15.7. The van der Waals surface area contributed by atoms with Crippen LogP contribution in [-0.4, -0.2) is 36.9 Å². The van der Waals surface area contributed by atoms with Gasteiger partial charge >= 0.3 is 11.8 Å². The molecular formula is C19H19N3O4. The molecule has 0 aliphatic heterocycles. The van der Waals surface area contributed by atoms with Crippen LogP contribution in [0.1, 0.15) is 16.2 Å². The van der Waals surface area contributed by atoms with Crippen molar-refractivity contribution in [2.24, 2.45) is 0 Å². The van der Waals surface area contributed by atoms with Crippen molar-refractivity contribution in [2.45, 2.75) is 6.42 Å². The van der Waals surface area contributed by atoms with Gasteiger partial charge in [-0.25, -0.2) is 0 Å². The summed E-state index contributed by atoms with van der Waals surface area (Å²) in [7, 11) is 3.21. The van der Waals surface area contributed by atoms with Gasteiger partial charge in [0.05, 0.1) is 14.2 Å². The number of hydrogen-bond acceptors (Lipinski definition) is 6. The fourth-order valence-electron chi connectivity index (χ4n) is 2.39. The highest BCUT2D eigenvalue weighted by atomic mass is 16.5. The van der Waals surface area contributed by atoms with Crippen molar-refractivity contribution >= 4 is 5.91 Å². The summed E-state index contributed by atoms with van der Waals surface area (Å²) in [6, 6.07) is 14.8. The monoisotopic (exact) mass is 353 g/mol. The molecule has 7 heteroatoms. The minimum Gasteiger partial charge on any atom is -0.497 e. The molecule has 26 heavy (non-hydrogen) atoms. The normalized spacial score (nSPS) is 10.4. The number of rotatable bonds is 7. The average Bonchev–Trinajstić information content (AvgIpc) is 3.18. The van der Waals surface area contributed by atoms with Gasteiger partial charge in [0, 0.05) is 12.1 Å². The summed E-state index contributed by atoms with van der Waals surface area (Å²) >= 11 is 0. The van der Waals surface area contributed by atoms with Crippen LogP contribution in [0.15, 0.2) is 52.9 Å². The number of benzene rings is 2. The van der Waals surface area contributed by atoms with Crippen molar-refractivity contribution in [3.05, 3.63) is 60.0 Å².